The van der Waals surface area contributed by atoms with Crippen molar-refractivity contribution in [1.82, 2.24) is 52.4 Å². The number of aliphatic carboxylic acids is 1. The molecule has 3 heterocycles. The first-order valence-electron chi connectivity index (χ1n) is 32.5. The molecule has 0 aliphatic carbocycles. The average Bonchev–Trinajstić information content (AvgIpc) is 1.62. The fourth-order valence-electron chi connectivity index (χ4n) is 10.4. The van der Waals surface area contributed by atoms with Crippen molar-refractivity contribution in [3.63, 3.8) is 0 Å². The molecule has 11 amide bonds. The second-order valence-corrected chi connectivity index (χ2v) is 26.3. The van der Waals surface area contributed by atoms with Gasteiger partial charge in [0.05, 0.1) is 104 Å². The second-order valence-electron chi connectivity index (χ2n) is 23.7. The summed E-state index contributed by atoms with van der Waals surface area (Å²) in [7, 11) is 1.42. The molecule has 0 bridgehead atoms. The van der Waals surface area contributed by atoms with Crippen LogP contribution < -0.4 is 58.7 Å². The molecule has 2 aliphatic rings. The number of carboxylic acids is 1. The Morgan fingerprint density at radius 3 is 2.09 bits per heavy atom. The number of thioether (sulfide) groups is 1. The number of unbranched alkanes of at least 4 members (excludes halogenated alkanes) is 1. The van der Waals surface area contributed by atoms with Crippen LogP contribution in [0.4, 0.5) is 0 Å². The molecule has 1 aromatic heterocycles. The molecule has 98 heavy (non-hydrogen) atoms. The van der Waals surface area contributed by atoms with Crippen LogP contribution >= 0.6 is 11.8 Å². The molecule has 0 spiro atoms. The SMILES string of the molecule is CCC(=O)N[C@H](C(=O)NCC(=O)N[C@H]1C[S+]([O-])c2[nH]c3c(CSCCCCNC(=O)CCOCCOCCOCCOCCNC(=O)C(C)CC(=O)O)c(OC)ccc3c2C[C@@H](C(N)=O)NC(=O)[C@H]([C@@H](C)[C@@H](O)CO)NC(=O)[C@@H]2C[C@@H](O)CN2C(=O)[C@H](CC(N)=O)NC1=O)[C@@H](C)CC. The first kappa shape index (κ1) is 83.0. The average molecular weight is 1430 g/mol. The summed E-state index contributed by atoms with van der Waals surface area (Å²) in [4.78, 5) is 163. The lowest BCUT2D eigenvalue weighted by Crippen LogP contribution is -2.61. The number of nitrogens with zero attached hydrogens (tertiary/aromatic N) is 1. The Bertz CT molecular complexity index is 3020. The summed E-state index contributed by atoms with van der Waals surface area (Å²) < 4.78 is 42.9. The van der Waals surface area contributed by atoms with Gasteiger partial charge in [0, 0.05) is 90.6 Å². The number of nitrogens with one attached hydrogen (secondary N) is 9. The van der Waals surface area contributed by atoms with Crippen molar-refractivity contribution in [2.45, 2.75) is 152 Å². The van der Waals surface area contributed by atoms with Gasteiger partial charge in [-0.2, -0.15) is 11.8 Å². The highest BCUT2D eigenvalue weighted by atomic mass is 32.2. The van der Waals surface area contributed by atoms with Crippen LogP contribution in [0.15, 0.2) is 17.2 Å². The molecule has 17 N–H and O–H groups in total. The van der Waals surface area contributed by atoms with E-state index in [1.54, 1.807) is 32.9 Å². The number of aromatic nitrogens is 1. The smallest absolute Gasteiger partial charge is 0.304 e. The Hall–Kier alpha value is -7.42. The summed E-state index contributed by atoms with van der Waals surface area (Å²) in [5.74, 6) is -12.6. The van der Waals surface area contributed by atoms with Gasteiger partial charge in [0.2, 0.25) is 70.0 Å². The van der Waals surface area contributed by atoms with Crippen LogP contribution in [0, 0.1) is 17.8 Å². The van der Waals surface area contributed by atoms with Gasteiger partial charge in [-0.25, -0.2) is 0 Å². The topological polar surface area (TPSA) is 522 Å². The number of primary amides is 2. The quantitative estimate of drug-likeness (QED) is 0.0223. The number of aromatic amines is 1. The fraction of sp³-hybridized carbons (Fsp3) is 0.677. The Morgan fingerprint density at radius 2 is 1.48 bits per heavy atom. The maximum atomic E-state index is 15.3. The minimum atomic E-state index is -2.47. The number of amides is 11. The van der Waals surface area contributed by atoms with Crippen LogP contribution in [0.25, 0.3) is 10.9 Å². The van der Waals surface area contributed by atoms with Crippen molar-refractivity contribution in [2.24, 2.45) is 29.2 Å². The molecule has 1 fully saturated rings. The van der Waals surface area contributed by atoms with E-state index in [0.29, 0.717) is 80.2 Å². The third-order valence-corrected chi connectivity index (χ3v) is 18.8. The van der Waals surface area contributed by atoms with E-state index < -0.39 is 181 Å². The predicted octanol–water partition coefficient (Wildman–Crippen LogP) is -4.04. The molecule has 1 aromatic carbocycles. The zero-order valence-corrected chi connectivity index (χ0v) is 57.9. The summed E-state index contributed by atoms with van der Waals surface area (Å²) in [6.45, 7) is 8.46. The third kappa shape index (κ3) is 27.0. The molecule has 550 valence electrons. The van der Waals surface area contributed by atoms with Crippen molar-refractivity contribution in [3.05, 3.63) is 23.3 Å². The predicted molar refractivity (Wildman–Crippen MR) is 354 cm³/mol. The van der Waals surface area contributed by atoms with Gasteiger partial charge in [-0.15, -0.1) is 0 Å². The monoisotopic (exact) mass is 1430 g/mol. The second kappa shape index (κ2) is 43.2. The highest BCUT2D eigenvalue weighted by Crippen LogP contribution is 2.37. The Morgan fingerprint density at radius 1 is 0.816 bits per heavy atom. The Labute approximate surface area is 575 Å². The van der Waals surface area contributed by atoms with E-state index in [1.165, 1.54) is 32.7 Å². The number of carbonyl (C=O) groups is 12. The minimum absolute atomic E-state index is 0.0545. The van der Waals surface area contributed by atoms with Gasteiger partial charge < -0.3 is 113 Å². The molecule has 12 atom stereocenters. The number of nitrogens with two attached hydrogens (primary N) is 2. The van der Waals surface area contributed by atoms with E-state index in [4.69, 9.17) is 40.3 Å². The highest BCUT2D eigenvalue weighted by Gasteiger charge is 2.45. The van der Waals surface area contributed by atoms with Crippen LogP contribution in [0.2, 0.25) is 0 Å². The minimum Gasteiger partial charge on any atom is -0.610 e. The maximum Gasteiger partial charge on any atom is 0.304 e. The zero-order chi connectivity index (χ0) is 72.6. The molecular formula is C62H98N12O22S2. The zero-order valence-electron chi connectivity index (χ0n) is 56.2. The van der Waals surface area contributed by atoms with Crippen molar-refractivity contribution >= 4 is 105 Å². The summed E-state index contributed by atoms with van der Waals surface area (Å²) in [6.07, 6.45) is -3.28. The maximum absolute atomic E-state index is 15.3. The summed E-state index contributed by atoms with van der Waals surface area (Å²) in [5, 5.41) is 61.1. The number of fused-ring (bicyclic) bond motifs is 4. The fourth-order valence-corrected chi connectivity index (χ4v) is 12.9. The molecule has 2 unspecified atom stereocenters. The third-order valence-electron chi connectivity index (χ3n) is 16.3. The van der Waals surface area contributed by atoms with Gasteiger partial charge in [0.25, 0.3) is 0 Å². The molecule has 2 aromatic rings. The van der Waals surface area contributed by atoms with Gasteiger partial charge in [0.1, 0.15) is 41.7 Å². The summed E-state index contributed by atoms with van der Waals surface area (Å²) in [5.41, 5.74) is 12.6. The van der Waals surface area contributed by atoms with E-state index in [0.717, 1.165) is 4.90 Å². The first-order chi connectivity index (χ1) is 46.6. The largest absolute Gasteiger partial charge is 0.610 e. The van der Waals surface area contributed by atoms with Crippen molar-refractivity contribution in [3.8, 4) is 5.75 Å². The lowest BCUT2D eigenvalue weighted by atomic mass is 9.93. The molecule has 4 rings (SSSR count). The number of ether oxygens (including phenoxy) is 5. The summed E-state index contributed by atoms with van der Waals surface area (Å²) >= 11 is -0.990. The first-order valence-corrected chi connectivity index (χ1v) is 35.0. The van der Waals surface area contributed by atoms with Gasteiger partial charge in [-0.1, -0.05) is 41.0 Å². The number of hydrogen-bond acceptors (Lipinski definition) is 22. The van der Waals surface area contributed by atoms with E-state index in [9.17, 15) is 72.9 Å². The van der Waals surface area contributed by atoms with Crippen LogP contribution in [-0.4, -0.2) is 259 Å². The molecule has 0 radical (unpaired) electrons. The van der Waals surface area contributed by atoms with Crippen LogP contribution in [-0.2, 0) is 99.8 Å². The van der Waals surface area contributed by atoms with Crippen molar-refractivity contribution in [2.75, 3.05) is 104 Å². The van der Waals surface area contributed by atoms with Crippen LogP contribution in [0.3, 0.4) is 0 Å². The Kier molecular flexibility index (Phi) is 36.6. The van der Waals surface area contributed by atoms with E-state index in [2.05, 4.69) is 47.5 Å². The number of methoxy groups -OCH3 is 1. The number of H-pyrrole nitrogens is 1. The van der Waals surface area contributed by atoms with Gasteiger partial charge in [0.15, 0.2) is 6.04 Å². The number of hydrogen-bond donors (Lipinski definition) is 15. The van der Waals surface area contributed by atoms with Crippen molar-refractivity contribution in [1.29, 1.82) is 0 Å². The standard InChI is InChI=1S/C62H98N12O22S2/c1-7-34(3)52(71-48(79)8-2)59(88)67-29-50(81)68-43-33-98(91)61-39(27-41(55(64)84)69-60(89)53(36(5)45(77)31-75)72-58(87)44-26-37(76)30-74(44)62(90)42(28-47(63)78)70-57(43)86)38-11-12-46(92-6)40(54(38)73-61)32-97-24-10-9-14-65-49(80)13-16-93-18-20-95-22-23-96-21-19-94-17-15-66-56(85)35(4)25-51(82)83/h11-12,34-37,41-45,52-53,73,75-77H,7-10,13-33H2,1-6H3,(H2,63,78)(H2,64,84)(H,65,80)(H,66,85)(H,67,88)(H,68,81)(H,69,89)(H,70,86)(H,71,79)(H,72,87)(H,82,83)/t34-,35?,36-,37+,41-,42-,43-,44-,45-,52-,53-,98?/m0/s1. The lowest BCUT2D eigenvalue weighted by Gasteiger charge is -2.32. The van der Waals surface area contributed by atoms with Crippen LogP contribution in [0.5, 0.6) is 5.75 Å². The molecule has 0 saturated carbocycles. The number of rotatable bonds is 40. The van der Waals surface area contributed by atoms with E-state index in [1.807, 2.05) is 0 Å². The number of aliphatic hydroxyl groups is 3. The number of carbonyl (C=O) groups excluding carboxylic acids is 11. The number of carboxylic acid groups (broad SMARTS) is 1. The molecule has 36 heteroatoms. The molecule has 2 aliphatic heterocycles. The van der Waals surface area contributed by atoms with Crippen LogP contribution in [0.1, 0.15) is 97.1 Å². The van der Waals surface area contributed by atoms with E-state index in [-0.39, 0.29) is 80.4 Å². The van der Waals surface area contributed by atoms with Gasteiger partial charge in [-0.3, -0.25) is 57.5 Å². The Balaban J connectivity index is 1.53. The summed E-state index contributed by atoms with van der Waals surface area (Å²) in [6, 6.07) is -6.72. The van der Waals surface area contributed by atoms with Crippen molar-refractivity contribution < 1.29 is 106 Å². The van der Waals surface area contributed by atoms with Gasteiger partial charge in [-0.05, 0) is 36.6 Å². The highest BCUT2D eigenvalue weighted by molar-refractivity contribution is 7.98. The number of benzene rings is 1. The normalized spacial score (nSPS) is 20.9. The van der Waals surface area contributed by atoms with Gasteiger partial charge >= 0.3 is 5.97 Å². The molecule has 34 nitrogen and oxygen atoms in total. The number of aliphatic hydroxyl groups excluding tert-OH is 3. The molecular weight excluding hydrogens is 1330 g/mol. The lowest BCUT2D eigenvalue weighted by molar-refractivity contribution is -0.144. The van der Waals surface area contributed by atoms with E-state index >= 15 is 4.55 Å². The molecule has 1 saturated heterocycles.